The van der Waals surface area contributed by atoms with Crippen LogP contribution in [0.25, 0.3) is 10.9 Å². The summed E-state index contributed by atoms with van der Waals surface area (Å²) in [6, 6.07) is 11.1. The van der Waals surface area contributed by atoms with E-state index in [1.165, 1.54) is 0 Å². The molecule has 0 aliphatic heterocycles. The van der Waals surface area contributed by atoms with Gasteiger partial charge in [0.25, 0.3) is 0 Å². The maximum Gasteiger partial charge on any atom is 0.226 e. The third-order valence-electron chi connectivity index (χ3n) is 3.78. The molecule has 0 aliphatic carbocycles. The monoisotopic (exact) mass is 313 g/mol. The van der Waals surface area contributed by atoms with E-state index in [2.05, 4.69) is 15.5 Å². The summed E-state index contributed by atoms with van der Waals surface area (Å²) < 4.78 is 5.43. The van der Waals surface area contributed by atoms with Crippen LogP contribution in [0.5, 0.6) is 0 Å². The lowest BCUT2D eigenvalue weighted by Gasteiger charge is -2.21. The van der Waals surface area contributed by atoms with Crippen molar-refractivity contribution in [3.05, 3.63) is 53.6 Å². The first-order chi connectivity index (χ1) is 11.0. The van der Waals surface area contributed by atoms with E-state index >= 15 is 0 Å². The molecule has 0 aliphatic rings. The number of furan rings is 1. The molecule has 2 aromatic heterocycles. The van der Waals surface area contributed by atoms with Crippen molar-refractivity contribution in [3.63, 3.8) is 0 Å². The Bertz CT molecular complexity index is 832. The third kappa shape index (κ3) is 3.27. The second-order valence-corrected chi connectivity index (χ2v) is 5.86. The zero-order valence-electron chi connectivity index (χ0n) is 13.1. The summed E-state index contributed by atoms with van der Waals surface area (Å²) in [7, 11) is 0. The van der Waals surface area contributed by atoms with Crippen LogP contribution in [0.4, 0.5) is 0 Å². The molecular formula is C17H19N3O3. The van der Waals surface area contributed by atoms with Gasteiger partial charge in [-0.15, -0.1) is 0 Å². The molecule has 23 heavy (non-hydrogen) atoms. The Balaban J connectivity index is 1.63. The third-order valence-corrected chi connectivity index (χ3v) is 3.78. The highest BCUT2D eigenvalue weighted by Crippen LogP contribution is 2.22. The molecule has 0 bridgehead atoms. The molecule has 6 nitrogen and oxygen atoms in total. The topological polar surface area (TPSA) is 91.2 Å². The average Bonchev–Trinajstić information content (AvgIpc) is 3.13. The van der Waals surface area contributed by atoms with E-state index < -0.39 is 5.60 Å². The number of aliphatic hydroxyl groups is 1. The lowest BCUT2D eigenvalue weighted by molar-refractivity contribution is -0.121. The number of aromatic amines is 1. The average molecular weight is 313 g/mol. The number of hydrogen-bond donors (Lipinski definition) is 3. The number of carbonyl (C=O) groups is 1. The number of nitrogens with zero attached hydrogens (tertiary/aromatic N) is 1. The van der Waals surface area contributed by atoms with Crippen molar-refractivity contribution < 1.29 is 14.3 Å². The fraction of sp³-hybridized carbons (Fsp3) is 0.294. The number of H-pyrrole nitrogens is 1. The maximum atomic E-state index is 12.1. The Labute approximate surface area is 133 Å². The van der Waals surface area contributed by atoms with Gasteiger partial charge in [0.2, 0.25) is 5.91 Å². The molecule has 1 amide bonds. The van der Waals surface area contributed by atoms with Gasteiger partial charge in [0.05, 0.1) is 24.2 Å². The summed E-state index contributed by atoms with van der Waals surface area (Å²) in [4.78, 5) is 12.1. The normalized spacial score (nSPS) is 13.9. The van der Waals surface area contributed by atoms with Gasteiger partial charge in [-0.3, -0.25) is 9.89 Å². The van der Waals surface area contributed by atoms with Crippen molar-refractivity contribution in [2.75, 3.05) is 6.54 Å². The fourth-order valence-corrected chi connectivity index (χ4v) is 2.45. The Morgan fingerprint density at radius 2 is 2.13 bits per heavy atom. The minimum absolute atomic E-state index is 0.0743. The van der Waals surface area contributed by atoms with Gasteiger partial charge in [0.1, 0.15) is 17.1 Å². The zero-order chi connectivity index (χ0) is 16.4. The molecule has 6 heteroatoms. The molecule has 1 aromatic carbocycles. The Morgan fingerprint density at radius 1 is 1.35 bits per heavy atom. The van der Waals surface area contributed by atoms with Crippen molar-refractivity contribution in [2.24, 2.45) is 0 Å². The van der Waals surface area contributed by atoms with Crippen molar-refractivity contribution in [1.29, 1.82) is 0 Å². The predicted molar refractivity (Wildman–Crippen MR) is 85.8 cm³/mol. The molecule has 3 N–H and O–H groups in total. The van der Waals surface area contributed by atoms with Gasteiger partial charge in [-0.2, -0.15) is 5.10 Å². The molecule has 120 valence electrons. The van der Waals surface area contributed by atoms with E-state index in [4.69, 9.17) is 4.42 Å². The summed E-state index contributed by atoms with van der Waals surface area (Å²) in [5.41, 5.74) is 0.333. The first kappa shape index (κ1) is 15.3. The van der Waals surface area contributed by atoms with E-state index in [0.29, 0.717) is 5.76 Å². The van der Waals surface area contributed by atoms with Gasteiger partial charge in [-0.1, -0.05) is 18.2 Å². The van der Waals surface area contributed by atoms with Crippen LogP contribution in [0.3, 0.4) is 0 Å². The number of hydrogen-bond acceptors (Lipinski definition) is 4. The lowest BCUT2D eigenvalue weighted by atomic mass is 10.0. The molecule has 3 rings (SSSR count). The maximum absolute atomic E-state index is 12.1. The van der Waals surface area contributed by atoms with E-state index in [-0.39, 0.29) is 18.9 Å². The van der Waals surface area contributed by atoms with Gasteiger partial charge < -0.3 is 14.8 Å². The van der Waals surface area contributed by atoms with Gasteiger partial charge in [0.15, 0.2) is 0 Å². The van der Waals surface area contributed by atoms with E-state index in [0.717, 1.165) is 22.4 Å². The summed E-state index contributed by atoms with van der Waals surface area (Å²) in [5, 5.41) is 21.1. The molecule has 0 fully saturated rings. The molecule has 1 atom stereocenters. The first-order valence-electron chi connectivity index (χ1n) is 7.44. The number of amides is 1. The van der Waals surface area contributed by atoms with Gasteiger partial charge in [0, 0.05) is 5.39 Å². The Morgan fingerprint density at radius 3 is 2.87 bits per heavy atom. The second-order valence-electron chi connectivity index (χ2n) is 5.86. The minimum Gasteiger partial charge on any atom is -0.463 e. The van der Waals surface area contributed by atoms with Crippen LogP contribution in [0.2, 0.25) is 0 Å². The van der Waals surface area contributed by atoms with Gasteiger partial charge >= 0.3 is 0 Å². The Kier molecular flexibility index (Phi) is 3.92. The van der Waals surface area contributed by atoms with Crippen LogP contribution in [-0.2, 0) is 16.8 Å². The number of fused-ring (bicyclic) bond motifs is 1. The smallest absolute Gasteiger partial charge is 0.226 e. The minimum atomic E-state index is -1.25. The standard InChI is InChI=1S/C17H19N3O3/c1-11-7-8-15(23-11)17(2,22)10-18-16(21)9-14-12-5-3-4-6-13(12)19-20-14/h3-8,22H,9-10H2,1-2H3,(H,18,21)(H,19,20)/t17-/m1/s1. The summed E-state index contributed by atoms with van der Waals surface area (Å²) in [6.07, 6.45) is 0.174. The quantitative estimate of drug-likeness (QED) is 0.672. The second kappa shape index (κ2) is 5.89. The van der Waals surface area contributed by atoms with Crippen molar-refractivity contribution >= 4 is 16.8 Å². The summed E-state index contributed by atoms with van der Waals surface area (Å²) in [6.45, 7) is 3.49. The number of rotatable bonds is 5. The van der Waals surface area contributed by atoms with Crippen molar-refractivity contribution in [1.82, 2.24) is 15.5 Å². The highest BCUT2D eigenvalue weighted by molar-refractivity contribution is 5.87. The molecule has 0 spiro atoms. The number of benzene rings is 1. The highest BCUT2D eigenvalue weighted by atomic mass is 16.4. The number of aromatic nitrogens is 2. The number of para-hydroxylation sites is 1. The van der Waals surface area contributed by atoms with Crippen LogP contribution in [0, 0.1) is 6.92 Å². The molecule has 0 unspecified atom stereocenters. The van der Waals surface area contributed by atoms with E-state index in [1.54, 1.807) is 19.1 Å². The summed E-state index contributed by atoms with van der Waals surface area (Å²) >= 11 is 0. The molecule has 0 saturated carbocycles. The van der Waals surface area contributed by atoms with Crippen molar-refractivity contribution in [3.8, 4) is 0 Å². The fourth-order valence-electron chi connectivity index (χ4n) is 2.45. The highest BCUT2D eigenvalue weighted by Gasteiger charge is 2.27. The largest absolute Gasteiger partial charge is 0.463 e. The van der Waals surface area contributed by atoms with Crippen LogP contribution in [0.15, 0.2) is 40.8 Å². The van der Waals surface area contributed by atoms with Gasteiger partial charge in [-0.25, -0.2) is 0 Å². The molecule has 3 aromatic rings. The van der Waals surface area contributed by atoms with E-state index in [1.807, 2.05) is 31.2 Å². The SMILES string of the molecule is Cc1ccc([C@](C)(O)CNC(=O)Cc2[nH]nc3ccccc23)o1. The zero-order valence-corrected chi connectivity index (χ0v) is 13.1. The van der Waals surface area contributed by atoms with Gasteiger partial charge in [-0.05, 0) is 32.0 Å². The van der Waals surface area contributed by atoms with Crippen LogP contribution >= 0.6 is 0 Å². The molecule has 2 heterocycles. The molecule has 0 radical (unpaired) electrons. The van der Waals surface area contributed by atoms with Crippen LogP contribution in [0.1, 0.15) is 24.1 Å². The lowest BCUT2D eigenvalue weighted by Crippen LogP contribution is -2.39. The number of carbonyl (C=O) groups excluding carboxylic acids is 1. The van der Waals surface area contributed by atoms with E-state index in [9.17, 15) is 9.90 Å². The van der Waals surface area contributed by atoms with Crippen LogP contribution < -0.4 is 5.32 Å². The van der Waals surface area contributed by atoms with Crippen molar-refractivity contribution in [2.45, 2.75) is 25.9 Å². The van der Waals surface area contributed by atoms with Crippen LogP contribution in [-0.4, -0.2) is 27.8 Å². The summed E-state index contributed by atoms with van der Waals surface area (Å²) in [5.74, 6) is 0.959. The number of nitrogens with one attached hydrogen (secondary N) is 2. The molecule has 0 saturated heterocycles. The first-order valence-corrected chi connectivity index (χ1v) is 7.44. The number of aryl methyl sites for hydroxylation is 1. The molecular weight excluding hydrogens is 294 g/mol. The predicted octanol–water partition coefficient (Wildman–Crippen LogP) is 2.03. The Hall–Kier alpha value is -2.60.